The first kappa shape index (κ1) is 20.9. The summed E-state index contributed by atoms with van der Waals surface area (Å²) < 4.78 is 66.4. The fourth-order valence-corrected chi connectivity index (χ4v) is 2.95. The molecule has 0 radical (unpaired) electrons. The van der Waals surface area contributed by atoms with Gasteiger partial charge in [0.1, 0.15) is 12.1 Å². The molecule has 0 bridgehead atoms. The molecule has 1 aromatic heterocycles. The lowest BCUT2D eigenvalue weighted by Crippen LogP contribution is -2.14. The molecule has 1 heterocycles. The minimum atomic E-state index is -4.69. The van der Waals surface area contributed by atoms with Gasteiger partial charge < -0.3 is 10.4 Å². The third kappa shape index (κ3) is 4.80. The van der Waals surface area contributed by atoms with Crippen LogP contribution in [-0.2, 0) is 6.18 Å². The van der Waals surface area contributed by atoms with Crippen molar-refractivity contribution < 1.29 is 27.1 Å². The van der Waals surface area contributed by atoms with Gasteiger partial charge in [-0.05, 0) is 23.8 Å². The molecule has 10 heteroatoms. The van der Waals surface area contributed by atoms with E-state index in [1.807, 2.05) is 0 Å². The predicted octanol–water partition coefficient (Wildman–Crippen LogP) is 5.24. The molecular formula is C19H13ClF5N3O. The van der Waals surface area contributed by atoms with Crippen LogP contribution in [0.25, 0.3) is 11.3 Å². The van der Waals surface area contributed by atoms with Crippen LogP contribution in [0.1, 0.15) is 17.2 Å². The van der Waals surface area contributed by atoms with Gasteiger partial charge in [-0.2, -0.15) is 13.2 Å². The largest absolute Gasteiger partial charge is 0.418 e. The molecule has 0 saturated carbocycles. The van der Waals surface area contributed by atoms with E-state index >= 15 is 0 Å². The summed E-state index contributed by atoms with van der Waals surface area (Å²) >= 11 is 5.73. The number of hydrogen-bond acceptors (Lipinski definition) is 4. The first-order valence-electron chi connectivity index (χ1n) is 8.22. The second-order valence-corrected chi connectivity index (χ2v) is 6.43. The number of hydrogen-bond donors (Lipinski definition) is 2. The summed E-state index contributed by atoms with van der Waals surface area (Å²) in [5.41, 5.74) is -1.15. The smallest absolute Gasteiger partial charge is 0.387 e. The monoisotopic (exact) mass is 429 g/mol. The fourth-order valence-electron chi connectivity index (χ4n) is 2.67. The lowest BCUT2D eigenvalue weighted by molar-refractivity contribution is -0.137. The predicted molar refractivity (Wildman–Crippen MR) is 97.3 cm³/mol. The number of anilines is 1. The van der Waals surface area contributed by atoms with Crippen molar-refractivity contribution in [2.45, 2.75) is 12.3 Å². The number of alkyl halides is 3. The van der Waals surface area contributed by atoms with Gasteiger partial charge in [-0.25, -0.2) is 18.7 Å². The molecule has 0 aliphatic rings. The van der Waals surface area contributed by atoms with Gasteiger partial charge in [0, 0.05) is 18.2 Å². The summed E-state index contributed by atoms with van der Waals surface area (Å²) in [7, 11) is 0. The topological polar surface area (TPSA) is 58.0 Å². The van der Waals surface area contributed by atoms with Crippen molar-refractivity contribution in [1.82, 2.24) is 9.97 Å². The molecule has 0 amide bonds. The van der Waals surface area contributed by atoms with Crippen molar-refractivity contribution in [2.75, 3.05) is 11.9 Å². The molecule has 0 fully saturated rings. The zero-order chi connectivity index (χ0) is 21.2. The van der Waals surface area contributed by atoms with Crippen molar-refractivity contribution in [2.24, 2.45) is 0 Å². The molecule has 0 unspecified atom stereocenters. The molecule has 0 aliphatic heterocycles. The SMILES string of the molecule is O[C@@H](CNc1cc(-c2cccc(Cl)c2C(F)(F)F)ncn1)c1ccc(F)c(F)c1. The van der Waals surface area contributed by atoms with E-state index < -0.39 is 34.5 Å². The number of benzene rings is 2. The van der Waals surface area contributed by atoms with Crippen molar-refractivity contribution in [3.8, 4) is 11.3 Å². The Bertz CT molecular complexity index is 1030. The minimum Gasteiger partial charge on any atom is -0.387 e. The lowest BCUT2D eigenvalue weighted by Gasteiger charge is -2.15. The van der Waals surface area contributed by atoms with Crippen LogP contribution < -0.4 is 5.32 Å². The normalized spacial score (nSPS) is 12.7. The maximum Gasteiger partial charge on any atom is 0.418 e. The third-order valence-electron chi connectivity index (χ3n) is 4.05. The maximum atomic E-state index is 13.4. The number of aromatic nitrogens is 2. The van der Waals surface area contributed by atoms with Crippen LogP contribution in [0, 0.1) is 11.6 Å². The number of aliphatic hydroxyl groups excluding tert-OH is 1. The van der Waals surface area contributed by atoms with Crippen LogP contribution in [0.3, 0.4) is 0 Å². The zero-order valence-electron chi connectivity index (χ0n) is 14.5. The van der Waals surface area contributed by atoms with E-state index in [0.29, 0.717) is 0 Å². The van der Waals surface area contributed by atoms with Crippen molar-refractivity contribution in [3.05, 3.63) is 76.6 Å². The Morgan fingerprint density at radius 3 is 2.48 bits per heavy atom. The Kier molecular flexibility index (Phi) is 5.99. The third-order valence-corrected chi connectivity index (χ3v) is 4.36. The first-order valence-corrected chi connectivity index (χ1v) is 8.59. The highest BCUT2D eigenvalue weighted by atomic mass is 35.5. The Balaban J connectivity index is 1.82. The second kappa shape index (κ2) is 8.30. The molecule has 3 aromatic rings. The van der Waals surface area contributed by atoms with Crippen LogP contribution >= 0.6 is 11.6 Å². The molecule has 0 aliphatic carbocycles. The minimum absolute atomic E-state index is 0.0281. The van der Waals surface area contributed by atoms with Gasteiger partial charge in [-0.3, -0.25) is 0 Å². The summed E-state index contributed by atoms with van der Waals surface area (Å²) in [6.45, 7) is -0.150. The average molecular weight is 430 g/mol. The Morgan fingerprint density at radius 2 is 1.79 bits per heavy atom. The highest BCUT2D eigenvalue weighted by Gasteiger charge is 2.36. The van der Waals surface area contributed by atoms with Gasteiger partial charge in [0.2, 0.25) is 0 Å². The average Bonchev–Trinajstić information content (AvgIpc) is 2.67. The van der Waals surface area contributed by atoms with E-state index in [0.717, 1.165) is 24.5 Å². The van der Waals surface area contributed by atoms with Gasteiger partial charge in [0.05, 0.1) is 22.4 Å². The molecule has 4 nitrogen and oxygen atoms in total. The maximum absolute atomic E-state index is 13.4. The van der Waals surface area contributed by atoms with Crippen molar-refractivity contribution >= 4 is 17.4 Å². The summed E-state index contributed by atoms with van der Waals surface area (Å²) in [5, 5.41) is 12.4. The quantitative estimate of drug-likeness (QED) is 0.545. The molecule has 0 saturated heterocycles. The summed E-state index contributed by atoms with van der Waals surface area (Å²) in [6, 6.07) is 7.96. The van der Waals surface area contributed by atoms with E-state index in [-0.39, 0.29) is 29.2 Å². The van der Waals surface area contributed by atoms with E-state index in [4.69, 9.17) is 11.6 Å². The molecule has 1 atom stereocenters. The molecule has 3 rings (SSSR count). The highest BCUT2D eigenvalue weighted by molar-refractivity contribution is 6.31. The molecule has 152 valence electrons. The number of nitrogens with one attached hydrogen (secondary N) is 1. The van der Waals surface area contributed by atoms with Gasteiger partial charge in [-0.1, -0.05) is 29.8 Å². The van der Waals surface area contributed by atoms with Crippen LogP contribution in [0.4, 0.5) is 27.8 Å². The second-order valence-electron chi connectivity index (χ2n) is 6.02. The van der Waals surface area contributed by atoms with Crippen LogP contribution in [0.15, 0.2) is 48.8 Å². The first-order chi connectivity index (χ1) is 13.7. The van der Waals surface area contributed by atoms with Gasteiger partial charge in [0.15, 0.2) is 11.6 Å². The number of halogens is 6. The summed E-state index contributed by atoms with van der Waals surface area (Å²) in [4.78, 5) is 7.76. The van der Waals surface area contributed by atoms with E-state index in [1.165, 1.54) is 24.3 Å². The van der Waals surface area contributed by atoms with E-state index in [2.05, 4.69) is 15.3 Å². The molecule has 0 spiro atoms. The lowest BCUT2D eigenvalue weighted by atomic mass is 10.0. The van der Waals surface area contributed by atoms with E-state index in [1.54, 1.807) is 0 Å². The molecule has 29 heavy (non-hydrogen) atoms. The van der Waals surface area contributed by atoms with Crippen LogP contribution in [-0.4, -0.2) is 21.6 Å². The van der Waals surface area contributed by atoms with Gasteiger partial charge >= 0.3 is 6.18 Å². The van der Waals surface area contributed by atoms with Gasteiger partial charge in [-0.15, -0.1) is 0 Å². The fraction of sp³-hybridized carbons (Fsp3) is 0.158. The van der Waals surface area contributed by atoms with Crippen molar-refractivity contribution in [3.63, 3.8) is 0 Å². The van der Waals surface area contributed by atoms with Crippen LogP contribution in [0.2, 0.25) is 5.02 Å². The van der Waals surface area contributed by atoms with E-state index in [9.17, 15) is 27.1 Å². The van der Waals surface area contributed by atoms with Gasteiger partial charge in [0.25, 0.3) is 0 Å². The highest BCUT2D eigenvalue weighted by Crippen LogP contribution is 2.41. The van der Waals surface area contributed by atoms with Crippen molar-refractivity contribution in [1.29, 1.82) is 0 Å². The molecular weight excluding hydrogens is 417 g/mol. The van der Waals surface area contributed by atoms with Crippen LogP contribution in [0.5, 0.6) is 0 Å². The zero-order valence-corrected chi connectivity index (χ0v) is 15.3. The Labute approximate surface area is 167 Å². The molecule has 2 N–H and O–H groups in total. The Morgan fingerprint density at radius 1 is 1.03 bits per heavy atom. The summed E-state index contributed by atoms with van der Waals surface area (Å²) in [5.74, 6) is -2.02. The molecule has 2 aromatic carbocycles. The Hall–Kier alpha value is -2.78. The number of aliphatic hydroxyl groups is 1. The standard InChI is InChI=1S/C19H13ClF5N3O/c20-12-3-1-2-11(18(12)19(23,24)25)15-7-17(28-9-27-15)26-8-16(29)10-4-5-13(21)14(22)6-10/h1-7,9,16,29H,8H2,(H,26,27,28)/t16-/m0/s1. The number of nitrogens with zero attached hydrogens (tertiary/aromatic N) is 2. The number of rotatable bonds is 5. The summed E-state index contributed by atoms with van der Waals surface area (Å²) in [6.07, 6.45) is -4.84.